The second kappa shape index (κ2) is 5.61. The molecule has 0 unspecified atom stereocenters. The summed E-state index contributed by atoms with van der Waals surface area (Å²) in [7, 11) is 0. The van der Waals surface area contributed by atoms with Gasteiger partial charge >= 0.3 is 0 Å². The maximum absolute atomic E-state index is 13.0. The first-order valence-corrected chi connectivity index (χ1v) is 7.23. The number of hydrogen-bond acceptors (Lipinski definition) is 2. The minimum absolute atomic E-state index is 0.0919. The number of carbonyl (C=O) groups is 2. The Hall–Kier alpha value is -1.90. The minimum atomic E-state index is -0.345. The van der Waals surface area contributed by atoms with E-state index in [4.69, 9.17) is 0 Å². The van der Waals surface area contributed by atoms with Crippen molar-refractivity contribution in [2.75, 3.05) is 0 Å². The largest absolute Gasteiger partial charge is 0.298 e. The molecular weight excluding hydrogens is 250 g/mol. The fourth-order valence-corrected chi connectivity index (χ4v) is 2.93. The monoisotopic (exact) mass is 271 g/mol. The second-order valence-corrected chi connectivity index (χ2v) is 5.24. The summed E-state index contributed by atoms with van der Waals surface area (Å²) in [6, 6.07) is 7.56. The Labute approximate surface area is 119 Å². The molecule has 0 spiro atoms. The molecule has 0 aliphatic heterocycles. The lowest BCUT2D eigenvalue weighted by atomic mass is 9.79. The van der Waals surface area contributed by atoms with Crippen molar-refractivity contribution in [3.8, 4) is 0 Å². The number of para-hydroxylation sites is 1. The number of aldehydes is 1. The summed E-state index contributed by atoms with van der Waals surface area (Å²) in [5.74, 6) is 0.0919. The van der Waals surface area contributed by atoms with E-state index in [-0.39, 0.29) is 11.3 Å². The molecule has 1 heterocycles. The molecule has 1 aromatic heterocycles. The molecule has 0 saturated carbocycles. The molecular formula is C17H21NO2. The van der Waals surface area contributed by atoms with Crippen molar-refractivity contribution < 1.29 is 9.59 Å². The van der Waals surface area contributed by atoms with Gasteiger partial charge in [-0.25, -0.2) is 0 Å². The summed E-state index contributed by atoms with van der Waals surface area (Å²) >= 11 is 0. The Kier molecular flexibility index (Phi) is 4.07. The normalized spacial score (nSPS) is 11.8. The van der Waals surface area contributed by atoms with E-state index in [0.717, 1.165) is 36.5 Å². The number of aromatic nitrogens is 1. The number of hydrogen-bond donors (Lipinski definition) is 0. The van der Waals surface area contributed by atoms with E-state index in [9.17, 15) is 9.59 Å². The predicted molar refractivity (Wildman–Crippen MR) is 81.3 cm³/mol. The van der Waals surface area contributed by atoms with Gasteiger partial charge in [0.05, 0.1) is 5.52 Å². The number of benzene rings is 1. The van der Waals surface area contributed by atoms with Gasteiger partial charge in [0.25, 0.3) is 0 Å². The summed E-state index contributed by atoms with van der Waals surface area (Å²) in [4.78, 5) is 24.1. The zero-order valence-corrected chi connectivity index (χ0v) is 12.3. The van der Waals surface area contributed by atoms with Crippen LogP contribution in [-0.4, -0.2) is 16.8 Å². The van der Waals surface area contributed by atoms with Crippen LogP contribution in [0.1, 0.15) is 55.2 Å². The SMILES string of the molecule is CCC(CC)(CC)C(=O)n1cc(C=O)c2ccccc21. The van der Waals surface area contributed by atoms with E-state index in [1.54, 1.807) is 10.8 Å². The summed E-state index contributed by atoms with van der Waals surface area (Å²) in [5, 5.41) is 0.841. The van der Waals surface area contributed by atoms with Gasteiger partial charge in [-0.2, -0.15) is 0 Å². The van der Waals surface area contributed by atoms with Gasteiger partial charge in [-0.15, -0.1) is 0 Å². The Morgan fingerprint density at radius 1 is 1.15 bits per heavy atom. The standard InChI is InChI=1S/C17H21NO2/c1-4-17(5-2,6-3)16(20)18-11-13(12-19)14-9-7-8-10-15(14)18/h7-12H,4-6H2,1-3H3. The molecule has 0 bridgehead atoms. The average molecular weight is 271 g/mol. The van der Waals surface area contributed by atoms with Crippen LogP contribution >= 0.6 is 0 Å². The van der Waals surface area contributed by atoms with E-state index < -0.39 is 0 Å². The first-order valence-electron chi connectivity index (χ1n) is 7.23. The third-order valence-corrected chi connectivity index (χ3v) is 4.57. The van der Waals surface area contributed by atoms with Gasteiger partial charge in [-0.3, -0.25) is 14.2 Å². The van der Waals surface area contributed by atoms with Crippen LogP contribution in [0.5, 0.6) is 0 Å². The van der Waals surface area contributed by atoms with Crippen LogP contribution in [0.25, 0.3) is 10.9 Å². The van der Waals surface area contributed by atoms with Gasteiger partial charge in [0, 0.05) is 22.6 Å². The maximum atomic E-state index is 13.0. The lowest BCUT2D eigenvalue weighted by molar-refractivity contribution is 0.0675. The van der Waals surface area contributed by atoms with Crippen LogP contribution in [-0.2, 0) is 0 Å². The van der Waals surface area contributed by atoms with Crippen molar-refractivity contribution in [3.05, 3.63) is 36.0 Å². The first-order chi connectivity index (χ1) is 9.63. The van der Waals surface area contributed by atoms with Crippen molar-refractivity contribution >= 4 is 23.1 Å². The van der Waals surface area contributed by atoms with E-state index in [0.29, 0.717) is 5.56 Å². The molecule has 0 saturated heterocycles. The summed E-state index contributed by atoms with van der Waals surface area (Å²) < 4.78 is 1.66. The quantitative estimate of drug-likeness (QED) is 0.760. The molecule has 0 N–H and O–H groups in total. The van der Waals surface area contributed by atoms with Crippen molar-refractivity contribution in [2.45, 2.75) is 40.0 Å². The Morgan fingerprint density at radius 2 is 1.75 bits per heavy atom. The molecule has 20 heavy (non-hydrogen) atoms. The van der Waals surface area contributed by atoms with Crippen LogP contribution in [0.4, 0.5) is 0 Å². The highest BCUT2D eigenvalue weighted by Gasteiger charge is 2.34. The molecule has 0 fully saturated rings. The molecule has 0 aliphatic rings. The van der Waals surface area contributed by atoms with Crippen LogP contribution in [0, 0.1) is 5.41 Å². The first kappa shape index (κ1) is 14.5. The smallest absolute Gasteiger partial charge is 0.237 e. The van der Waals surface area contributed by atoms with Crippen LogP contribution in [0.2, 0.25) is 0 Å². The molecule has 3 nitrogen and oxygen atoms in total. The summed E-state index contributed by atoms with van der Waals surface area (Å²) in [5.41, 5.74) is 1.05. The second-order valence-electron chi connectivity index (χ2n) is 5.24. The van der Waals surface area contributed by atoms with Crippen molar-refractivity contribution in [3.63, 3.8) is 0 Å². The molecule has 0 atom stereocenters. The highest BCUT2D eigenvalue weighted by molar-refractivity contribution is 6.03. The van der Waals surface area contributed by atoms with Gasteiger partial charge in [0.2, 0.25) is 5.91 Å². The Balaban J connectivity index is 2.63. The highest BCUT2D eigenvalue weighted by atomic mass is 16.2. The molecule has 2 rings (SSSR count). The minimum Gasteiger partial charge on any atom is -0.298 e. The maximum Gasteiger partial charge on any atom is 0.237 e. The molecule has 0 amide bonds. The molecule has 0 radical (unpaired) electrons. The Bertz CT molecular complexity index is 627. The third-order valence-electron chi connectivity index (χ3n) is 4.57. The van der Waals surface area contributed by atoms with Crippen LogP contribution < -0.4 is 0 Å². The predicted octanol–water partition coefficient (Wildman–Crippen LogP) is 4.31. The summed E-state index contributed by atoms with van der Waals surface area (Å²) in [6.07, 6.45) is 4.92. The fraction of sp³-hybridized carbons (Fsp3) is 0.412. The molecule has 2 aromatic rings. The number of nitrogens with zero attached hydrogens (tertiary/aromatic N) is 1. The number of fused-ring (bicyclic) bond motifs is 1. The van der Waals surface area contributed by atoms with Gasteiger partial charge in [0.1, 0.15) is 0 Å². The van der Waals surface area contributed by atoms with Gasteiger partial charge < -0.3 is 0 Å². The van der Waals surface area contributed by atoms with Crippen molar-refractivity contribution in [2.24, 2.45) is 5.41 Å². The molecule has 3 heteroatoms. The third kappa shape index (κ3) is 2.07. The number of carbonyl (C=O) groups excluding carboxylic acids is 2. The van der Waals surface area contributed by atoms with Crippen molar-refractivity contribution in [1.82, 2.24) is 4.57 Å². The molecule has 106 valence electrons. The van der Waals surface area contributed by atoms with E-state index in [2.05, 4.69) is 20.8 Å². The van der Waals surface area contributed by atoms with Crippen LogP contribution in [0.15, 0.2) is 30.5 Å². The van der Waals surface area contributed by atoms with E-state index in [1.807, 2.05) is 24.3 Å². The Morgan fingerprint density at radius 3 is 2.30 bits per heavy atom. The average Bonchev–Trinajstić information content (AvgIpc) is 2.88. The topological polar surface area (TPSA) is 39.1 Å². The molecule has 0 aliphatic carbocycles. The van der Waals surface area contributed by atoms with E-state index in [1.165, 1.54) is 0 Å². The zero-order valence-electron chi connectivity index (χ0n) is 12.3. The van der Waals surface area contributed by atoms with Gasteiger partial charge in [0.15, 0.2) is 6.29 Å². The van der Waals surface area contributed by atoms with Crippen LogP contribution in [0.3, 0.4) is 0 Å². The highest BCUT2D eigenvalue weighted by Crippen LogP contribution is 2.34. The van der Waals surface area contributed by atoms with E-state index >= 15 is 0 Å². The molecule has 1 aromatic carbocycles. The number of rotatable bonds is 5. The lowest BCUT2D eigenvalue weighted by Crippen LogP contribution is -2.33. The van der Waals surface area contributed by atoms with Crippen molar-refractivity contribution in [1.29, 1.82) is 0 Å². The lowest BCUT2D eigenvalue weighted by Gasteiger charge is -2.29. The van der Waals surface area contributed by atoms with Gasteiger partial charge in [-0.1, -0.05) is 39.0 Å². The zero-order chi connectivity index (χ0) is 14.8. The summed E-state index contributed by atoms with van der Waals surface area (Å²) in [6.45, 7) is 6.16. The van der Waals surface area contributed by atoms with Gasteiger partial charge in [-0.05, 0) is 25.3 Å². The fourth-order valence-electron chi connectivity index (χ4n) is 2.93.